The standard InChI is InChI=1S/C11H20N6O3S/c1-14(2)21(19,20)17-5-3-15(4-6-17)11(18)9-16-8-10(12)7-13-16/h7-8H,3-6,9,12H2,1-2H3. The van der Waals surface area contributed by atoms with Gasteiger partial charge in [-0.2, -0.15) is 22.1 Å². The Kier molecular flexibility index (Phi) is 4.49. The number of aromatic nitrogens is 2. The highest BCUT2D eigenvalue weighted by Gasteiger charge is 2.30. The van der Waals surface area contributed by atoms with E-state index in [2.05, 4.69) is 5.10 Å². The largest absolute Gasteiger partial charge is 0.396 e. The topological polar surface area (TPSA) is 105 Å². The predicted molar refractivity (Wildman–Crippen MR) is 77.4 cm³/mol. The molecule has 0 aliphatic carbocycles. The Balaban J connectivity index is 1.90. The lowest BCUT2D eigenvalue weighted by Crippen LogP contribution is -2.53. The fourth-order valence-electron chi connectivity index (χ4n) is 2.10. The zero-order valence-electron chi connectivity index (χ0n) is 12.1. The number of carbonyl (C=O) groups is 1. The molecule has 1 aromatic rings. The number of rotatable bonds is 4. The number of hydrogen-bond acceptors (Lipinski definition) is 5. The first kappa shape index (κ1) is 15.7. The van der Waals surface area contributed by atoms with E-state index in [9.17, 15) is 13.2 Å². The smallest absolute Gasteiger partial charge is 0.281 e. The van der Waals surface area contributed by atoms with Crippen molar-refractivity contribution in [2.45, 2.75) is 6.54 Å². The van der Waals surface area contributed by atoms with Gasteiger partial charge in [-0.25, -0.2) is 0 Å². The molecule has 0 bridgehead atoms. The molecule has 0 aromatic carbocycles. The van der Waals surface area contributed by atoms with Crippen LogP contribution in [0.25, 0.3) is 0 Å². The molecule has 21 heavy (non-hydrogen) atoms. The molecule has 1 amide bonds. The van der Waals surface area contributed by atoms with Crippen LogP contribution in [0.5, 0.6) is 0 Å². The number of hydrogen-bond donors (Lipinski definition) is 1. The summed E-state index contributed by atoms with van der Waals surface area (Å²) in [5.41, 5.74) is 6.05. The van der Waals surface area contributed by atoms with Crippen molar-refractivity contribution >= 4 is 21.8 Å². The number of nitrogens with zero attached hydrogens (tertiary/aromatic N) is 5. The molecule has 1 fully saturated rings. The quantitative estimate of drug-likeness (QED) is 0.721. The van der Waals surface area contributed by atoms with Crippen molar-refractivity contribution in [2.75, 3.05) is 46.0 Å². The van der Waals surface area contributed by atoms with E-state index in [4.69, 9.17) is 5.73 Å². The number of amides is 1. The van der Waals surface area contributed by atoms with Gasteiger partial charge < -0.3 is 10.6 Å². The number of carbonyl (C=O) groups excluding carboxylic acids is 1. The molecular weight excluding hydrogens is 296 g/mol. The molecule has 1 saturated heterocycles. The molecule has 2 rings (SSSR count). The van der Waals surface area contributed by atoms with Crippen molar-refractivity contribution in [3.05, 3.63) is 12.4 Å². The van der Waals surface area contributed by atoms with Gasteiger partial charge in [0.25, 0.3) is 10.2 Å². The number of nitrogens with two attached hydrogens (primary N) is 1. The zero-order valence-corrected chi connectivity index (χ0v) is 13.0. The summed E-state index contributed by atoms with van der Waals surface area (Å²) in [6.07, 6.45) is 3.07. The summed E-state index contributed by atoms with van der Waals surface area (Å²) in [6, 6.07) is 0. The fourth-order valence-corrected chi connectivity index (χ4v) is 3.19. The van der Waals surface area contributed by atoms with Gasteiger partial charge in [0, 0.05) is 46.5 Å². The molecule has 1 aliphatic heterocycles. The van der Waals surface area contributed by atoms with Gasteiger partial charge in [0.1, 0.15) is 6.54 Å². The van der Waals surface area contributed by atoms with Crippen LogP contribution in [-0.4, -0.2) is 77.9 Å². The molecule has 0 radical (unpaired) electrons. The lowest BCUT2D eigenvalue weighted by Gasteiger charge is -2.35. The summed E-state index contributed by atoms with van der Waals surface area (Å²) in [5.74, 6) is -0.0972. The van der Waals surface area contributed by atoms with Crippen molar-refractivity contribution in [1.29, 1.82) is 0 Å². The Morgan fingerprint density at radius 1 is 1.33 bits per heavy atom. The fraction of sp³-hybridized carbons (Fsp3) is 0.636. The maximum Gasteiger partial charge on any atom is 0.281 e. The van der Waals surface area contributed by atoms with Crippen LogP contribution in [0.3, 0.4) is 0 Å². The lowest BCUT2D eigenvalue weighted by atomic mass is 10.3. The molecular formula is C11H20N6O3S. The Morgan fingerprint density at radius 3 is 2.43 bits per heavy atom. The SMILES string of the molecule is CN(C)S(=O)(=O)N1CCN(C(=O)Cn2cc(N)cn2)CC1. The van der Waals surface area contributed by atoms with Crippen molar-refractivity contribution in [1.82, 2.24) is 23.3 Å². The van der Waals surface area contributed by atoms with E-state index in [0.717, 1.165) is 0 Å². The molecule has 2 N–H and O–H groups in total. The summed E-state index contributed by atoms with van der Waals surface area (Å²) in [7, 11) is -0.420. The van der Waals surface area contributed by atoms with E-state index in [1.165, 1.54) is 33.6 Å². The van der Waals surface area contributed by atoms with E-state index in [0.29, 0.717) is 31.9 Å². The average molecular weight is 316 g/mol. The minimum absolute atomic E-state index is 0.0972. The summed E-state index contributed by atoms with van der Waals surface area (Å²) in [5, 5.41) is 3.96. The highest BCUT2D eigenvalue weighted by Crippen LogP contribution is 2.10. The lowest BCUT2D eigenvalue weighted by molar-refractivity contribution is -0.133. The van der Waals surface area contributed by atoms with Gasteiger partial charge in [0.2, 0.25) is 5.91 Å². The summed E-state index contributed by atoms with van der Waals surface area (Å²) < 4.78 is 28.0. The molecule has 0 atom stereocenters. The van der Waals surface area contributed by atoms with Crippen LogP contribution in [0.4, 0.5) is 5.69 Å². The van der Waals surface area contributed by atoms with Gasteiger partial charge in [-0.1, -0.05) is 0 Å². The number of piperazine rings is 1. The van der Waals surface area contributed by atoms with Crippen LogP contribution in [0.1, 0.15) is 0 Å². The molecule has 2 heterocycles. The van der Waals surface area contributed by atoms with E-state index in [1.807, 2.05) is 0 Å². The molecule has 0 unspecified atom stereocenters. The first-order chi connectivity index (χ1) is 9.80. The second-order valence-corrected chi connectivity index (χ2v) is 7.18. The zero-order chi connectivity index (χ0) is 15.6. The van der Waals surface area contributed by atoms with Gasteiger partial charge >= 0.3 is 0 Å². The summed E-state index contributed by atoms with van der Waals surface area (Å²) in [6.45, 7) is 1.46. The average Bonchev–Trinajstić information content (AvgIpc) is 2.84. The second-order valence-electron chi connectivity index (χ2n) is 5.04. The van der Waals surface area contributed by atoms with Gasteiger partial charge in [0.15, 0.2) is 0 Å². The van der Waals surface area contributed by atoms with Crippen LogP contribution < -0.4 is 5.73 Å². The Bertz CT molecular complexity index is 603. The van der Waals surface area contributed by atoms with E-state index in [-0.39, 0.29) is 12.5 Å². The normalized spacial score (nSPS) is 17.4. The maximum atomic E-state index is 12.1. The molecule has 10 heteroatoms. The molecule has 118 valence electrons. The highest BCUT2D eigenvalue weighted by atomic mass is 32.2. The van der Waals surface area contributed by atoms with Gasteiger partial charge in [0.05, 0.1) is 11.9 Å². The molecule has 0 saturated carbocycles. The monoisotopic (exact) mass is 316 g/mol. The van der Waals surface area contributed by atoms with E-state index < -0.39 is 10.2 Å². The summed E-state index contributed by atoms with van der Waals surface area (Å²) in [4.78, 5) is 13.8. The van der Waals surface area contributed by atoms with Crippen molar-refractivity contribution in [3.63, 3.8) is 0 Å². The van der Waals surface area contributed by atoms with E-state index in [1.54, 1.807) is 11.1 Å². The third kappa shape index (κ3) is 3.52. The third-order valence-electron chi connectivity index (χ3n) is 3.33. The van der Waals surface area contributed by atoms with Crippen LogP contribution in [-0.2, 0) is 21.5 Å². The molecule has 0 spiro atoms. The number of anilines is 1. The molecule has 9 nitrogen and oxygen atoms in total. The minimum Gasteiger partial charge on any atom is -0.396 e. The Morgan fingerprint density at radius 2 is 1.95 bits per heavy atom. The first-order valence-corrected chi connectivity index (χ1v) is 7.93. The maximum absolute atomic E-state index is 12.1. The van der Waals surface area contributed by atoms with Crippen molar-refractivity contribution < 1.29 is 13.2 Å². The first-order valence-electron chi connectivity index (χ1n) is 6.54. The van der Waals surface area contributed by atoms with Crippen molar-refractivity contribution in [3.8, 4) is 0 Å². The van der Waals surface area contributed by atoms with Crippen LogP contribution >= 0.6 is 0 Å². The van der Waals surface area contributed by atoms with Gasteiger partial charge in [-0.3, -0.25) is 9.48 Å². The van der Waals surface area contributed by atoms with Crippen LogP contribution in [0.15, 0.2) is 12.4 Å². The van der Waals surface area contributed by atoms with Crippen LogP contribution in [0, 0.1) is 0 Å². The summed E-state index contributed by atoms with van der Waals surface area (Å²) >= 11 is 0. The predicted octanol–water partition coefficient (Wildman–Crippen LogP) is -1.58. The minimum atomic E-state index is -3.41. The molecule has 1 aliphatic rings. The van der Waals surface area contributed by atoms with Gasteiger partial charge in [-0.05, 0) is 0 Å². The third-order valence-corrected chi connectivity index (χ3v) is 5.27. The van der Waals surface area contributed by atoms with Crippen molar-refractivity contribution in [2.24, 2.45) is 0 Å². The Hall–Kier alpha value is -1.65. The van der Waals surface area contributed by atoms with Crippen LogP contribution in [0.2, 0.25) is 0 Å². The molecule has 1 aromatic heterocycles. The van der Waals surface area contributed by atoms with Gasteiger partial charge in [-0.15, -0.1) is 0 Å². The second kappa shape index (κ2) is 6.00. The Labute approximate surface area is 124 Å². The number of nitrogen functional groups attached to an aromatic ring is 1. The highest BCUT2D eigenvalue weighted by molar-refractivity contribution is 7.86. The van der Waals surface area contributed by atoms with E-state index >= 15 is 0 Å².